The number of nitrogens with zero attached hydrogens (tertiary/aromatic N) is 1. The zero-order valence-corrected chi connectivity index (χ0v) is 11.8. The Morgan fingerprint density at radius 2 is 1.94 bits per heavy atom. The molecule has 0 amide bonds. The Morgan fingerprint density at radius 3 is 2.44 bits per heavy atom. The molecule has 2 nitrogen and oxygen atoms in total. The number of carbonyl (C=O) groups is 1. The van der Waals surface area contributed by atoms with Crippen molar-refractivity contribution in [3.63, 3.8) is 0 Å². The summed E-state index contributed by atoms with van der Waals surface area (Å²) in [5.41, 5.74) is 1.71. The minimum Gasteiger partial charge on any atom is -0.371 e. The SMILES string of the molecule is CC(C)C(C)N(C)c1cc(Br)ccc1C=O. The summed E-state index contributed by atoms with van der Waals surface area (Å²) in [7, 11) is 2.03. The van der Waals surface area contributed by atoms with Gasteiger partial charge in [0.25, 0.3) is 0 Å². The highest BCUT2D eigenvalue weighted by atomic mass is 79.9. The molecule has 16 heavy (non-hydrogen) atoms. The summed E-state index contributed by atoms with van der Waals surface area (Å²) in [5, 5.41) is 0. The normalized spacial score (nSPS) is 12.6. The summed E-state index contributed by atoms with van der Waals surface area (Å²) in [6, 6.07) is 6.12. The molecule has 0 heterocycles. The van der Waals surface area contributed by atoms with Gasteiger partial charge in [0.2, 0.25) is 0 Å². The van der Waals surface area contributed by atoms with Crippen LogP contribution in [0.1, 0.15) is 31.1 Å². The molecule has 0 saturated heterocycles. The lowest BCUT2D eigenvalue weighted by molar-refractivity contribution is 0.112. The highest BCUT2D eigenvalue weighted by Crippen LogP contribution is 2.26. The van der Waals surface area contributed by atoms with Crippen LogP contribution in [0.4, 0.5) is 5.69 Å². The van der Waals surface area contributed by atoms with Gasteiger partial charge < -0.3 is 4.90 Å². The van der Waals surface area contributed by atoms with Gasteiger partial charge in [-0.2, -0.15) is 0 Å². The Bertz CT molecular complexity index is 376. The molecule has 0 N–H and O–H groups in total. The molecule has 1 aromatic carbocycles. The van der Waals surface area contributed by atoms with Crippen molar-refractivity contribution < 1.29 is 4.79 Å². The van der Waals surface area contributed by atoms with E-state index < -0.39 is 0 Å². The third kappa shape index (κ3) is 2.85. The second-order valence-electron chi connectivity index (χ2n) is 4.42. The number of hydrogen-bond acceptors (Lipinski definition) is 2. The molecule has 88 valence electrons. The quantitative estimate of drug-likeness (QED) is 0.785. The Kier molecular flexibility index (Phi) is 4.54. The molecule has 0 aliphatic carbocycles. The summed E-state index contributed by atoms with van der Waals surface area (Å²) < 4.78 is 0.996. The largest absolute Gasteiger partial charge is 0.371 e. The number of carbonyl (C=O) groups excluding carboxylic acids is 1. The highest BCUT2D eigenvalue weighted by molar-refractivity contribution is 9.10. The summed E-state index contributed by atoms with van der Waals surface area (Å²) in [4.78, 5) is 13.1. The molecule has 3 heteroatoms. The predicted octanol–water partition coefficient (Wildman–Crippen LogP) is 3.74. The van der Waals surface area contributed by atoms with Crippen molar-refractivity contribution >= 4 is 27.9 Å². The van der Waals surface area contributed by atoms with E-state index in [0.29, 0.717) is 12.0 Å². The number of rotatable bonds is 4. The molecule has 0 fully saturated rings. The van der Waals surface area contributed by atoms with E-state index in [1.165, 1.54) is 0 Å². The molecule has 1 atom stereocenters. The Morgan fingerprint density at radius 1 is 1.31 bits per heavy atom. The molecule has 0 aliphatic rings. The zero-order valence-electron chi connectivity index (χ0n) is 10.2. The van der Waals surface area contributed by atoms with Crippen LogP contribution in [0.3, 0.4) is 0 Å². The highest BCUT2D eigenvalue weighted by Gasteiger charge is 2.16. The lowest BCUT2D eigenvalue weighted by atomic mass is 10.0. The second kappa shape index (κ2) is 5.48. The maximum atomic E-state index is 11.0. The maximum absolute atomic E-state index is 11.0. The fraction of sp³-hybridized carbons (Fsp3) is 0.462. The topological polar surface area (TPSA) is 20.3 Å². The Labute approximate surface area is 106 Å². The fourth-order valence-electron chi connectivity index (χ4n) is 1.59. The summed E-state index contributed by atoms with van der Waals surface area (Å²) in [6.45, 7) is 6.53. The second-order valence-corrected chi connectivity index (χ2v) is 5.33. The van der Waals surface area contributed by atoms with Crippen molar-refractivity contribution in [2.45, 2.75) is 26.8 Å². The fourth-order valence-corrected chi connectivity index (χ4v) is 1.94. The standard InChI is InChI=1S/C13H18BrNO/c1-9(2)10(3)15(4)13-7-12(14)6-5-11(13)8-16/h5-10H,1-4H3. The van der Waals surface area contributed by atoms with E-state index in [1.807, 2.05) is 25.2 Å². The Hall–Kier alpha value is -0.830. The van der Waals surface area contributed by atoms with E-state index in [9.17, 15) is 4.79 Å². The number of halogens is 1. The van der Waals surface area contributed by atoms with E-state index in [0.717, 1.165) is 22.0 Å². The predicted molar refractivity (Wildman–Crippen MR) is 72.2 cm³/mol. The van der Waals surface area contributed by atoms with Gasteiger partial charge in [0.1, 0.15) is 0 Å². The van der Waals surface area contributed by atoms with Crippen LogP contribution in [0, 0.1) is 5.92 Å². The number of hydrogen-bond donors (Lipinski definition) is 0. The molecular formula is C13H18BrNO. The monoisotopic (exact) mass is 283 g/mol. The molecule has 0 aliphatic heterocycles. The number of benzene rings is 1. The van der Waals surface area contributed by atoms with Crippen molar-refractivity contribution in [1.82, 2.24) is 0 Å². The van der Waals surface area contributed by atoms with E-state index in [-0.39, 0.29) is 0 Å². The molecule has 0 radical (unpaired) electrons. The number of anilines is 1. The van der Waals surface area contributed by atoms with Crippen LogP contribution >= 0.6 is 15.9 Å². The smallest absolute Gasteiger partial charge is 0.152 e. The maximum Gasteiger partial charge on any atom is 0.152 e. The molecule has 1 rings (SSSR count). The summed E-state index contributed by atoms with van der Waals surface area (Å²) in [5.74, 6) is 0.545. The van der Waals surface area contributed by atoms with Crippen LogP contribution in [-0.4, -0.2) is 19.4 Å². The van der Waals surface area contributed by atoms with Gasteiger partial charge in [-0.1, -0.05) is 29.8 Å². The Balaban J connectivity index is 3.10. The van der Waals surface area contributed by atoms with Gasteiger partial charge in [-0.3, -0.25) is 4.79 Å². The first kappa shape index (κ1) is 13.2. The minimum atomic E-state index is 0.396. The first-order valence-electron chi connectivity index (χ1n) is 5.45. The summed E-state index contributed by atoms with van der Waals surface area (Å²) >= 11 is 3.44. The average Bonchev–Trinajstić information content (AvgIpc) is 2.26. The van der Waals surface area contributed by atoms with Gasteiger partial charge in [0.15, 0.2) is 6.29 Å². The van der Waals surface area contributed by atoms with Crippen molar-refractivity contribution in [2.24, 2.45) is 5.92 Å². The van der Waals surface area contributed by atoms with Crippen LogP contribution in [0.15, 0.2) is 22.7 Å². The molecule has 1 unspecified atom stereocenters. The molecule has 0 saturated carbocycles. The molecule has 0 spiro atoms. The van der Waals surface area contributed by atoms with Gasteiger partial charge in [-0.05, 0) is 31.0 Å². The first-order valence-corrected chi connectivity index (χ1v) is 6.24. The summed E-state index contributed by atoms with van der Waals surface area (Å²) in [6.07, 6.45) is 0.908. The third-order valence-electron chi connectivity index (χ3n) is 3.08. The van der Waals surface area contributed by atoms with Crippen LogP contribution in [-0.2, 0) is 0 Å². The van der Waals surface area contributed by atoms with Gasteiger partial charge in [-0.15, -0.1) is 0 Å². The molecule has 0 aromatic heterocycles. The average molecular weight is 284 g/mol. The molecular weight excluding hydrogens is 266 g/mol. The van der Waals surface area contributed by atoms with Crippen molar-refractivity contribution in [2.75, 3.05) is 11.9 Å². The van der Waals surface area contributed by atoms with Crippen molar-refractivity contribution in [3.8, 4) is 0 Å². The molecule has 1 aromatic rings. The number of aldehydes is 1. The van der Waals surface area contributed by atoms with E-state index in [4.69, 9.17) is 0 Å². The first-order chi connectivity index (χ1) is 7.47. The van der Waals surface area contributed by atoms with E-state index >= 15 is 0 Å². The van der Waals surface area contributed by atoms with Gasteiger partial charge in [0, 0.05) is 28.8 Å². The van der Waals surface area contributed by atoms with Gasteiger partial charge in [0.05, 0.1) is 0 Å². The van der Waals surface area contributed by atoms with Crippen molar-refractivity contribution in [3.05, 3.63) is 28.2 Å². The minimum absolute atomic E-state index is 0.396. The van der Waals surface area contributed by atoms with Crippen LogP contribution in [0.5, 0.6) is 0 Å². The van der Waals surface area contributed by atoms with Gasteiger partial charge in [-0.25, -0.2) is 0 Å². The van der Waals surface area contributed by atoms with Crippen LogP contribution in [0.2, 0.25) is 0 Å². The van der Waals surface area contributed by atoms with Gasteiger partial charge >= 0.3 is 0 Å². The van der Waals surface area contributed by atoms with Crippen LogP contribution in [0.25, 0.3) is 0 Å². The lowest BCUT2D eigenvalue weighted by Crippen LogP contribution is -2.33. The third-order valence-corrected chi connectivity index (χ3v) is 3.57. The van der Waals surface area contributed by atoms with E-state index in [2.05, 4.69) is 41.6 Å². The lowest BCUT2D eigenvalue weighted by Gasteiger charge is -2.31. The molecule has 0 bridgehead atoms. The van der Waals surface area contributed by atoms with Crippen molar-refractivity contribution in [1.29, 1.82) is 0 Å². The zero-order chi connectivity index (χ0) is 12.3. The van der Waals surface area contributed by atoms with Crippen LogP contribution < -0.4 is 4.90 Å². The van der Waals surface area contributed by atoms with E-state index in [1.54, 1.807) is 0 Å².